The van der Waals surface area contributed by atoms with Gasteiger partial charge in [0.15, 0.2) is 12.4 Å². The number of carbonyl (C=O) groups excluding carboxylic acids is 1. The van der Waals surface area contributed by atoms with Gasteiger partial charge in [0.25, 0.3) is 5.91 Å². The van der Waals surface area contributed by atoms with Gasteiger partial charge >= 0.3 is 0 Å². The van der Waals surface area contributed by atoms with Gasteiger partial charge in [-0.05, 0) is 68.4 Å². The smallest absolute Gasteiger partial charge is 0.263 e. The summed E-state index contributed by atoms with van der Waals surface area (Å²) in [6.07, 6.45) is 9.92. The average molecular weight is 420 g/mol. The number of hydrogen-bond donors (Lipinski definition) is 1. The number of aromatic nitrogens is 2. The molecule has 0 aliphatic heterocycles. The van der Waals surface area contributed by atoms with E-state index in [0.717, 1.165) is 17.8 Å². The summed E-state index contributed by atoms with van der Waals surface area (Å²) in [5.41, 5.74) is 0.161. The van der Waals surface area contributed by atoms with Crippen LogP contribution in [-0.4, -0.2) is 22.3 Å². The van der Waals surface area contributed by atoms with Gasteiger partial charge in [-0.25, -0.2) is 0 Å². The highest BCUT2D eigenvalue weighted by Gasteiger charge is 2.52. The summed E-state index contributed by atoms with van der Waals surface area (Å²) in [6, 6.07) is 6.81. The van der Waals surface area contributed by atoms with Crippen molar-refractivity contribution in [2.75, 3.05) is 11.9 Å². The third kappa shape index (κ3) is 3.39. The zero-order valence-corrected chi connectivity index (χ0v) is 17.0. The highest BCUT2D eigenvalue weighted by molar-refractivity contribution is 6.42. The third-order valence-corrected chi connectivity index (χ3v) is 7.35. The Hall–Kier alpha value is -1.72. The molecule has 148 valence electrons. The molecule has 7 heteroatoms. The minimum absolute atomic E-state index is 0.109. The molecule has 5 nitrogen and oxygen atoms in total. The molecule has 0 radical (unpaired) electrons. The number of nitrogens with one attached hydrogen (secondary N) is 1. The molecule has 1 N–H and O–H groups in total. The number of halogens is 2. The lowest BCUT2D eigenvalue weighted by atomic mass is 9.53. The second-order valence-corrected chi connectivity index (χ2v) is 9.51. The van der Waals surface area contributed by atoms with E-state index in [1.807, 2.05) is 12.3 Å². The van der Waals surface area contributed by atoms with Crippen molar-refractivity contribution in [2.24, 2.45) is 17.8 Å². The van der Waals surface area contributed by atoms with Gasteiger partial charge in [-0.1, -0.05) is 23.2 Å². The summed E-state index contributed by atoms with van der Waals surface area (Å²) in [4.78, 5) is 12.3. The molecule has 1 heterocycles. The van der Waals surface area contributed by atoms with Crippen molar-refractivity contribution >= 4 is 34.9 Å². The van der Waals surface area contributed by atoms with Crippen LogP contribution in [0.2, 0.25) is 10.0 Å². The van der Waals surface area contributed by atoms with Gasteiger partial charge in [0.1, 0.15) is 5.75 Å². The molecule has 1 amide bonds. The molecule has 4 saturated carbocycles. The SMILES string of the molecule is O=C(COc1ccc(Cl)c(Cl)c1)Nc1ccn(C23CC4CC(CC(C4)C2)C3)n1. The lowest BCUT2D eigenvalue weighted by molar-refractivity contribution is -0.118. The fourth-order valence-electron chi connectivity index (χ4n) is 5.89. The van der Waals surface area contributed by atoms with Crippen LogP contribution in [0, 0.1) is 17.8 Å². The number of ether oxygens (including phenoxy) is 1. The van der Waals surface area contributed by atoms with Crippen molar-refractivity contribution in [3.05, 3.63) is 40.5 Å². The molecule has 4 aliphatic carbocycles. The Kier molecular flexibility index (Phi) is 4.55. The molecular formula is C21H23Cl2N3O2. The Morgan fingerprint density at radius 2 is 1.79 bits per heavy atom. The minimum atomic E-state index is -0.248. The summed E-state index contributed by atoms with van der Waals surface area (Å²) in [5, 5.41) is 8.40. The van der Waals surface area contributed by atoms with Gasteiger partial charge < -0.3 is 10.1 Å². The second kappa shape index (κ2) is 6.96. The molecule has 0 atom stereocenters. The van der Waals surface area contributed by atoms with E-state index < -0.39 is 0 Å². The molecule has 1 aromatic heterocycles. The Morgan fingerprint density at radius 1 is 1.11 bits per heavy atom. The van der Waals surface area contributed by atoms with Gasteiger partial charge in [0.2, 0.25) is 0 Å². The van der Waals surface area contributed by atoms with Gasteiger partial charge in [-0.15, -0.1) is 0 Å². The first-order valence-electron chi connectivity index (χ1n) is 9.93. The summed E-state index contributed by atoms with van der Waals surface area (Å²) in [5.74, 6) is 3.40. The highest BCUT2D eigenvalue weighted by Crippen LogP contribution is 2.58. The molecule has 0 saturated heterocycles. The van der Waals surface area contributed by atoms with E-state index in [1.54, 1.807) is 18.2 Å². The fourth-order valence-corrected chi connectivity index (χ4v) is 6.18. The quantitative estimate of drug-likeness (QED) is 0.730. The van der Waals surface area contributed by atoms with Crippen molar-refractivity contribution in [3.63, 3.8) is 0 Å². The predicted molar refractivity (Wildman–Crippen MR) is 109 cm³/mol. The largest absolute Gasteiger partial charge is 0.484 e. The normalized spacial score (nSPS) is 30.4. The number of nitrogens with zero attached hydrogens (tertiary/aromatic N) is 2. The van der Waals surface area contributed by atoms with Crippen LogP contribution in [0.15, 0.2) is 30.5 Å². The molecular weight excluding hydrogens is 397 g/mol. The molecule has 6 rings (SSSR count). The zero-order chi connectivity index (χ0) is 19.3. The van der Waals surface area contributed by atoms with Gasteiger partial charge in [-0.3, -0.25) is 9.48 Å². The number of anilines is 1. The lowest BCUT2D eigenvalue weighted by Crippen LogP contribution is -2.52. The first kappa shape index (κ1) is 18.3. The Labute approximate surface area is 174 Å². The van der Waals surface area contributed by atoms with E-state index in [1.165, 1.54) is 38.5 Å². The molecule has 0 unspecified atom stereocenters. The topological polar surface area (TPSA) is 56.1 Å². The third-order valence-electron chi connectivity index (χ3n) is 6.61. The van der Waals surface area contributed by atoms with Crippen LogP contribution in [0.5, 0.6) is 5.75 Å². The minimum Gasteiger partial charge on any atom is -0.484 e. The Balaban J connectivity index is 1.22. The lowest BCUT2D eigenvalue weighted by Gasteiger charge is -2.56. The van der Waals surface area contributed by atoms with E-state index in [4.69, 9.17) is 33.0 Å². The standard InChI is InChI=1S/C21H23Cl2N3O2/c22-17-2-1-16(8-18(17)23)28-12-20(27)24-19-3-4-26(25-19)21-9-13-5-14(10-21)7-15(6-13)11-21/h1-4,8,13-15H,5-7,9-12H2,(H,24,25,27). The first-order chi connectivity index (χ1) is 13.5. The van der Waals surface area contributed by atoms with Crippen LogP contribution in [0.25, 0.3) is 0 Å². The number of benzene rings is 1. The number of hydrogen-bond acceptors (Lipinski definition) is 3. The van der Waals surface area contributed by atoms with Crippen molar-refractivity contribution in [2.45, 2.75) is 44.1 Å². The van der Waals surface area contributed by atoms with Crippen LogP contribution < -0.4 is 10.1 Å². The van der Waals surface area contributed by atoms with Gasteiger partial charge in [0, 0.05) is 18.3 Å². The van der Waals surface area contributed by atoms with E-state index >= 15 is 0 Å². The first-order valence-corrected chi connectivity index (χ1v) is 10.7. The number of carbonyl (C=O) groups is 1. The molecule has 2 aromatic rings. The maximum absolute atomic E-state index is 12.3. The van der Waals surface area contributed by atoms with Gasteiger partial charge in [0.05, 0.1) is 15.6 Å². The second-order valence-electron chi connectivity index (χ2n) is 8.70. The number of amides is 1. The van der Waals surface area contributed by atoms with Crippen LogP contribution in [-0.2, 0) is 10.3 Å². The summed E-state index contributed by atoms with van der Waals surface area (Å²) in [6.45, 7) is -0.109. The summed E-state index contributed by atoms with van der Waals surface area (Å²) < 4.78 is 7.63. The van der Waals surface area contributed by atoms with Crippen molar-refractivity contribution in [3.8, 4) is 5.75 Å². The van der Waals surface area contributed by atoms with E-state index in [0.29, 0.717) is 21.6 Å². The predicted octanol–water partition coefficient (Wildman–Crippen LogP) is 5.13. The molecule has 4 fully saturated rings. The Bertz CT molecular complexity index is 876. The van der Waals surface area contributed by atoms with E-state index in [-0.39, 0.29) is 18.1 Å². The summed E-state index contributed by atoms with van der Waals surface area (Å²) >= 11 is 11.9. The zero-order valence-electron chi connectivity index (χ0n) is 15.5. The van der Waals surface area contributed by atoms with Crippen LogP contribution >= 0.6 is 23.2 Å². The monoisotopic (exact) mass is 419 g/mol. The molecule has 4 bridgehead atoms. The molecule has 1 aromatic carbocycles. The van der Waals surface area contributed by atoms with E-state index in [9.17, 15) is 4.79 Å². The number of rotatable bonds is 5. The fraction of sp³-hybridized carbons (Fsp3) is 0.524. The van der Waals surface area contributed by atoms with Crippen LogP contribution in [0.4, 0.5) is 5.82 Å². The molecule has 4 aliphatic rings. The van der Waals surface area contributed by atoms with Crippen molar-refractivity contribution in [1.82, 2.24) is 9.78 Å². The maximum atomic E-state index is 12.3. The summed E-state index contributed by atoms with van der Waals surface area (Å²) in [7, 11) is 0. The van der Waals surface area contributed by atoms with Crippen molar-refractivity contribution in [1.29, 1.82) is 0 Å². The average Bonchev–Trinajstić information content (AvgIpc) is 3.11. The van der Waals surface area contributed by atoms with Gasteiger partial charge in [-0.2, -0.15) is 5.10 Å². The van der Waals surface area contributed by atoms with E-state index in [2.05, 4.69) is 10.00 Å². The maximum Gasteiger partial charge on any atom is 0.263 e. The Morgan fingerprint density at radius 3 is 2.43 bits per heavy atom. The molecule has 28 heavy (non-hydrogen) atoms. The van der Waals surface area contributed by atoms with Crippen LogP contribution in [0.3, 0.4) is 0 Å². The van der Waals surface area contributed by atoms with Crippen LogP contribution in [0.1, 0.15) is 38.5 Å². The van der Waals surface area contributed by atoms with Crippen molar-refractivity contribution < 1.29 is 9.53 Å². The molecule has 0 spiro atoms. The highest BCUT2D eigenvalue weighted by atomic mass is 35.5.